The van der Waals surface area contributed by atoms with Gasteiger partial charge in [0.2, 0.25) is 5.91 Å². The first-order valence-electron chi connectivity index (χ1n) is 7.53. The number of hydrogen-bond acceptors (Lipinski definition) is 4. The fraction of sp³-hybridized carbons (Fsp3) is 0.235. The van der Waals surface area contributed by atoms with Crippen molar-refractivity contribution in [3.05, 3.63) is 58.3 Å². The highest BCUT2D eigenvalue weighted by Gasteiger charge is 2.16. The highest BCUT2D eigenvalue weighted by atomic mass is 32.1. The number of benzene rings is 1. The average Bonchev–Trinajstić information content (AvgIpc) is 3.13. The first-order chi connectivity index (χ1) is 11.6. The summed E-state index contributed by atoms with van der Waals surface area (Å²) in [6.45, 7) is 2.21. The second-order valence-electron chi connectivity index (χ2n) is 5.09. The number of nitrogens with one attached hydrogen (secondary N) is 3. The van der Waals surface area contributed by atoms with E-state index in [-0.39, 0.29) is 24.3 Å². The van der Waals surface area contributed by atoms with Gasteiger partial charge in [-0.1, -0.05) is 24.3 Å². The minimum absolute atomic E-state index is 0.191. The summed E-state index contributed by atoms with van der Waals surface area (Å²) in [6.07, 6.45) is 0. The summed E-state index contributed by atoms with van der Waals surface area (Å²) >= 11 is 1.32. The third kappa shape index (κ3) is 5.20. The van der Waals surface area contributed by atoms with Crippen LogP contribution >= 0.6 is 11.3 Å². The molecule has 2 aromatic rings. The maximum Gasteiger partial charge on any atom is 0.261 e. The van der Waals surface area contributed by atoms with E-state index in [0.717, 1.165) is 0 Å². The topological polar surface area (TPSA) is 87.3 Å². The summed E-state index contributed by atoms with van der Waals surface area (Å²) in [4.78, 5) is 36.2. The molecule has 0 aliphatic heterocycles. The minimum atomic E-state index is -0.649. The van der Waals surface area contributed by atoms with Gasteiger partial charge < -0.3 is 16.0 Å². The highest BCUT2D eigenvalue weighted by molar-refractivity contribution is 7.12. The Morgan fingerprint density at radius 2 is 1.67 bits per heavy atom. The van der Waals surface area contributed by atoms with Crippen LogP contribution in [0.4, 0.5) is 0 Å². The van der Waals surface area contributed by atoms with Crippen molar-refractivity contribution < 1.29 is 14.4 Å². The third-order valence-corrected chi connectivity index (χ3v) is 4.10. The van der Waals surface area contributed by atoms with Gasteiger partial charge in [-0.2, -0.15) is 0 Å². The van der Waals surface area contributed by atoms with E-state index in [1.807, 2.05) is 6.07 Å². The average molecular weight is 345 g/mol. The number of hydrogen-bond donors (Lipinski definition) is 3. The summed E-state index contributed by atoms with van der Waals surface area (Å²) in [5, 5.41) is 9.82. The smallest absolute Gasteiger partial charge is 0.261 e. The van der Waals surface area contributed by atoms with Crippen LogP contribution < -0.4 is 16.0 Å². The molecule has 7 heteroatoms. The van der Waals surface area contributed by atoms with Gasteiger partial charge in [0.25, 0.3) is 11.8 Å². The normalized spacial score (nSPS) is 11.4. The zero-order valence-electron chi connectivity index (χ0n) is 13.2. The van der Waals surface area contributed by atoms with Crippen molar-refractivity contribution in [2.75, 3.05) is 13.1 Å². The Morgan fingerprint density at radius 3 is 2.33 bits per heavy atom. The summed E-state index contributed by atoms with van der Waals surface area (Å²) in [6, 6.07) is 11.7. The number of rotatable bonds is 7. The van der Waals surface area contributed by atoms with E-state index in [1.54, 1.807) is 48.7 Å². The van der Waals surface area contributed by atoms with Crippen LogP contribution in [0.25, 0.3) is 0 Å². The van der Waals surface area contributed by atoms with Crippen molar-refractivity contribution in [1.82, 2.24) is 16.0 Å². The van der Waals surface area contributed by atoms with Crippen LogP contribution in [0.1, 0.15) is 27.0 Å². The van der Waals surface area contributed by atoms with Crippen molar-refractivity contribution in [3.8, 4) is 0 Å². The minimum Gasteiger partial charge on any atom is -0.353 e. The van der Waals surface area contributed by atoms with E-state index in [2.05, 4.69) is 16.0 Å². The molecule has 0 aliphatic carbocycles. The second-order valence-corrected chi connectivity index (χ2v) is 6.03. The molecule has 0 radical (unpaired) electrons. The lowest BCUT2D eigenvalue weighted by Gasteiger charge is -2.14. The molecule has 3 amide bonds. The molecule has 0 saturated carbocycles. The van der Waals surface area contributed by atoms with Gasteiger partial charge in [-0.05, 0) is 30.5 Å². The van der Waals surface area contributed by atoms with E-state index in [9.17, 15) is 14.4 Å². The van der Waals surface area contributed by atoms with Gasteiger partial charge in [0.15, 0.2) is 0 Å². The fourth-order valence-corrected chi connectivity index (χ4v) is 2.57. The van der Waals surface area contributed by atoms with E-state index in [1.165, 1.54) is 11.3 Å². The SMILES string of the molecule is CC(NC(=O)c1cccs1)C(=O)NCCNC(=O)c1ccccc1. The number of thiophene rings is 1. The number of amides is 3. The third-order valence-electron chi connectivity index (χ3n) is 3.23. The molecule has 1 aromatic carbocycles. The lowest BCUT2D eigenvalue weighted by Crippen LogP contribution is -2.46. The van der Waals surface area contributed by atoms with Gasteiger partial charge in [0.1, 0.15) is 6.04 Å². The lowest BCUT2D eigenvalue weighted by molar-refractivity contribution is -0.122. The van der Waals surface area contributed by atoms with Crippen molar-refractivity contribution in [3.63, 3.8) is 0 Å². The highest BCUT2D eigenvalue weighted by Crippen LogP contribution is 2.08. The van der Waals surface area contributed by atoms with Crippen LogP contribution in [0.2, 0.25) is 0 Å². The van der Waals surface area contributed by atoms with Crippen molar-refractivity contribution in [2.24, 2.45) is 0 Å². The van der Waals surface area contributed by atoms with Gasteiger partial charge in [0, 0.05) is 18.7 Å². The maximum atomic E-state index is 11.9. The Bertz CT molecular complexity index is 686. The zero-order chi connectivity index (χ0) is 17.4. The monoisotopic (exact) mass is 345 g/mol. The summed E-state index contributed by atoms with van der Waals surface area (Å²) in [5.74, 6) is -0.761. The molecule has 6 nitrogen and oxygen atoms in total. The molecule has 1 atom stereocenters. The number of carbonyl (C=O) groups is 3. The van der Waals surface area contributed by atoms with Gasteiger partial charge in [-0.3, -0.25) is 14.4 Å². The van der Waals surface area contributed by atoms with E-state index >= 15 is 0 Å². The van der Waals surface area contributed by atoms with Crippen molar-refractivity contribution in [2.45, 2.75) is 13.0 Å². The zero-order valence-corrected chi connectivity index (χ0v) is 14.1. The number of carbonyl (C=O) groups excluding carboxylic acids is 3. The van der Waals surface area contributed by atoms with Crippen LogP contribution in [-0.2, 0) is 4.79 Å². The Hall–Kier alpha value is -2.67. The molecule has 0 saturated heterocycles. The molecule has 1 heterocycles. The molecule has 3 N–H and O–H groups in total. The largest absolute Gasteiger partial charge is 0.353 e. The molecule has 126 valence electrons. The van der Waals surface area contributed by atoms with Crippen molar-refractivity contribution in [1.29, 1.82) is 0 Å². The molecule has 2 rings (SSSR count). The predicted octanol–water partition coefficient (Wildman–Crippen LogP) is 1.41. The Balaban J connectivity index is 1.67. The van der Waals surface area contributed by atoms with Gasteiger partial charge in [0.05, 0.1) is 4.88 Å². The molecule has 0 bridgehead atoms. The molecular weight excluding hydrogens is 326 g/mol. The van der Waals surface area contributed by atoms with Gasteiger partial charge in [-0.25, -0.2) is 0 Å². The van der Waals surface area contributed by atoms with Crippen LogP contribution in [0.15, 0.2) is 47.8 Å². The summed E-state index contributed by atoms with van der Waals surface area (Å²) < 4.78 is 0. The predicted molar refractivity (Wildman–Crippen MR) is 93.0 cm³/mol. The Kier molecular flexibility index (Phi) is 6.51. The van der Waals surface area contributed by atoms with E-state index in [0.29, 0.717) is 17.0 Å². The molecule has 1 aromatic heterocycles. The van der Waals surface area contributed by atoms with E-state index < -0.39 is 6.04 Å². The van der Waals surface area contributed by atoms with Crippen LogP contribution in [0.3, 0.4) is 0 Å². The molecule has 0 aliphatic rings. The van der Waals surface area contributed by atoms with Crippen molar-refractivity contribution >= 4 is 29.1 Å². The van der Waals surface area contributed by atoms with Gasteiger partial charge >= 0.3 is 0 Å². The molecule has 0 spiro atoms. The molecule has 1 unspecified atom stereocenters. The fourth-order valence-electron chi connectivity index (χ4n) is 1.95. The molecule has 24 heavy (non-hydrogen) atoms. The Morgan fingerprint density at radius 1 is 0.958 bits per heavy atom. The standard InChI is InChI=1S/C17H19N3O3S/c1-12(20-17(23)14-8-5-11-24-14)15(21)18-9-10-19-16(22)13-6-3-2-4-7-13/h2-8,11-12H,9-10H2,1H3,(H,18,21)(H,19,22)(H,20,23). The Labute approximate surface area is 144 Å². The first-order valence-corrected chi connectivity index (χ1v) is 8.41. The van der Waals surface area contributed by atoms with Gasteiger partial charge in [-0.15, -0.1) is 11.3 Å². The maximum absolute atomic E-state index is 11.9. The van der Waals surface area contributed by atoms with Crippen LogP contribution in [0.5, 0.6) is 0 Å². The quantitative estimate of drug-likeness (QED) is 0.663. The molecular formula is C17H19N3O3S. The van der Waals surface area contributed by atoms with E-state index in [4.69, 9.17) is 0 Å². The van der Waals surface area contributed by atoms with Crippen LogP contribution in [0, 0.1) is 0 Å². The summed E-state index contributed by atoms with van der Waals surface area (Å²) in [5.41, 5.74) is 0.570. The summed E-state index contributed by atoms with van der Waals surface area (Å²) in [7, 11) is 0. The first kappa shape index (κ1) is 17.7. The second kappa shape index (κ2) is 8.83. The lowest BCUT2D eigenvalue weighted by atomic mass is 10.2. The molecule has 0 fully saturated rings. The van der Waals surface area contributed by atoms with Crippen LogP contribution in [-0.4, -0.2) is 36.9 Å².